The van der Waals surface area contributed by atoms with E-state index in [9.17, 15) is 5.21 Å². The second kappa shape index (κ2) is 5.21. The molecule has 1 unspecified atom stereocenters. The second-order valence-electron chi connectivity index (χ2n) is 3.70. The predicted molar refractivity (Wildman–Crippen MR) is 63.8 cm³/mol. The van der Waals surface area contributed by atoms with Gasteiger partial charge in [-0.3, -0.25) is 4.68 Å². The zero-order valence-electron chi connectivity index (χ0n) is 9.43. The third kappa shape index (κ3) is 3.27. The maximum atomic E-state index is 11.1. The van der Waals surface area contributed by atoms with E-state index in [1.165, 1.54) is 0 Å². The first kappa shape index (κ1) is 12.1. The van der Waals surface area contributed by atoms with E-state index in [2.05, 4.69) is 25.7 Å². The summed E-state index contributed by atoms with van der Waals surface area (Å²) in [6.45, 7) is 7.69. The molecule has 84 valence electrons. The Bertz CT molecular complexity index is 348. The van der Waals surface area contributed by atoms with Crippen molar-refractivity contribution in [2.24, 2.45) is 13.0 Å². The molecule has 1 aromatic rings. The van der Waals surface area contributed by atoms with Crippen LogP contribution in [0.25, 0.3) is 0 Å². The molecule has 0 aliphatic rings. The smallest absolute Gasteiger partial charge is 0.268 e. The standard InChI is InChI=1S/C10H17N3OS/c1-5-8(2)7-15-10-9(13(4)14)6-12(3)11-10/h6,8H,4-5,7H2,1-3H3. The van der Waals surface area contributed by atoms with Crippen molar-refractivity contribution in [2.75, 3.05) is 5.75 Å². The Balaban J connectivity index is 2.71. The van der Waals surface area contributed by atoms with Gasteiger partial charge in [0.2, 0.25) is 0 Å². The van der Waals surface area contributed by atoms with Crippen LogP contribution >= 0.6 is 11.8 Å². The van der Waals surface area contributed by atoms with Crippen LogP contribution in [-0.2, 0) is 7.05 Å². The van der Waals surface area contributed by atoms with Gasteiger partial charge in [-0.1, -0.05) is 32.0 Å². The molecule has 0 spiro atoms. The molecular formula is C10H17N3OS. The van der Waals surface area contributed by atoms with Gasteiger partial charge in [0.25, 0.3) is 5.69 Å². The predicted octanol–water partition coefficient (Wildman–Crippen LogP) is 2.40. The van der Waals surface area contributed by atoms with E-state index < -0.39 is 0 Å². The summed E-state index contributed by atoms with van der Waals surface area (Å²) >= 11 is 1.62. The number of aromatic nitrogens is 2. The zero-order valence-corrected chi connectivity index (χ0v) is 10.3. The molecule has 0 N–H and O–H groups in total. The van der Waals surface area contributed by atoms with Crippen LogP contribution in [0.1, 0.15) is 20.3 Å². The molecule has 0 aliphatic heterocycles. The Morgan fingerprint density at radius 2 is 2.40 bits per heavy atom. The van der Waals surface area contributed by atoms with E-state index in [-0.39, 0.29) is 0 Å². The van der Waals surface area contributed by atoms with Gasteiger partial charge in [-0.2, -0.15) is 9.84 Å². The van der Waals surface area contributed by atoms with Crippen molar-refractivity contribution < 1.29 is 4.74 Å². The van der Waals surface area contributed by atoms with Crippen molar-refractivity contribution in [2.45, 2.75) is 25.3 Å². The van der Waals surface area contributed by atoms with Crippen LogP contribution in [0.2, 0.25) is 0 Å². The zero-order chi connectivity index (χ0) is 11.4. The Hall–Kier alpha value is -0.970. The van der Waals surface area contributed by atoms with Crippen LogP contribution in [0.3, 0.4) is 0 Å². The lowest BCUT2D eigenvalue weighted by molar-refractivity contribution is -0.353. The van der Waals surface area contributed by atoms with Gasteiger partial charge < -0.3 is 5.21 Å². The first-order chi connectivity index (χ1) is 7.04. The normalized spacial score (nSPS) is 12.7. The number of thioether (sulfide) groups is 1. The van der Waals surface area contributed by atoms with E-state index in [1.807, 2.05) is 0 Å². The molecular weight excluding hydrogens is 210 g/mol. The van der Waals surface area contributed by atoms with Crippen molar-refractivity contribution in [1.82, 2.24) is 9.78 Å². The molecule has 15 heavy (non-hydrogen) atoms. The molecule has 0 fully saturated rings. The highest BCUT2D eigenvalue weighted by atomic mass is 32.2. The van der Waals surface area contributed by atoms with Gasteiger partial charge in [0.1, 0.15) is 6.72 Å². The van der Waals surface area contributed by atoms with Crippen LogP contribution in [-0.4, -0.2) is 27.0 Å². The molecule has 1 aromatic heterocycles. The average molecular weight is 227 g/mol. The van der Waals surface area contributed by atoms with Gasteiger partial charge in [-0.25, -0.2) is 0 Å². The Labute approximate surface area is 94.6 Å². The molecule has 0 aliphatic carbocycles. The van der Waals surface area contributed by atoms with E-state index in [0.717, 1.165) is 17.2 Å². The van der Waals surface area contributed by atoms with Gasteiger partial charge in [0.05, 0.1) is 6.20 Å². The first-order valence-corrected chi connectivity index (χ1v) is 5.97. The molecule has 0 aromatic carbocycles. The Morgan fingerprint density at radius 1 is 1.73 bits per heavy atom. The van der Waals surface area contributed by atoms with Crippen molar-refractivity contribution in [1.29, 1.82) is 0 Å². The van der Waals surface area contributed by atoms with E-state index in [0.29, 0.717) is 16.3 Å². The summed E-state index contributed by atoms with van der Waals surface area (Å²) in [7, 11) is 1.81. The van der Waals surface area contributed by atoms with Crippen molar-refractivity contribution >= 4 is 24.2 Å². The van der Waals surface area contributed by atoms with Gasteiger partial charge in [-0.05, 0) is 5.92 Å². The Kier molecular flexibility index (Phi) is 4.20. The number of hydrogen-bond donors (Lipinski definition) is 0. The molecule has 1 heterocycles. The summed E-state index contributed by atoms with van der Waals surface area (Å²) in [6.07, 6.45) is 2.83. The minimum absolute atomic E-state index is 0.547. The highest BCUT2D eigenvalue weighted by Gasteiger charge is 2.15. The Morgan fingerprint density at radius 3 is 2.93 bits per heavy atom. The largest absolute Gasteiger partial charge is 0.619 e. The highest BCUT2D eigenvalue weighted by molar-refractivity contribution is 7.99. The van der Waals surface area contributed by atoms with Crippen LogP contribution in [0.5, 0.6) is 0 Å². The van der Waals surface area contributed by atoms with E-state index in [4.69, 9.17) is 0 Å². The second-order valence-corrected chi connectivity index (χ2v) is 4.70. The summed E-state index contributed by atoms with van der Waals surface area (Å²) in [4.78, 5) is 0. The summed E-state index contributed by atoms with van der Waals surface area (Å²) in [6, 6.07) is 0. The third-order valence-electron chi connectivity index (χ3n) is 2.25. The van der Waals surface area contributed by atoms with Crippen molar-refractivity contribution in [3.8, 4) is 0 Å². The molecule has 0 radical (unpaired) electrons. The number of nitrogens with zero attached hydrogens (tertiary/aromatic N) is 3. The first-order valence-electron chi connectivity index (χ1n) is 4.98. The third-order valence-corrected chi connectivity index (χ3v) is 3.55. The van der Waals surface area contributed by atoms with Crippen LogP contribution in [0, 0.1) is 11.1 Å². The molecule has 1 atom stereocenters. The van der Waals surface area contributed by atoms with Crippen LogP contribution in [0.15, 0.2) is 11.2 Å². The lowest BCUT2D eigenvalue weighted by Gasteiger charge is -2.06. The fourth-order valence-electron chi connectivity index (χ4n) is 1.07. The molecule has 0 bridgehead atoms. The van der Waals surface area contributed by atoms with Crippen LogP contribution in [0.4, 0.5) is 5.69 Å². The average Bonchev–Trinajstić information content (AvgIpc) is 2.56. The molecule has 0 saturated carbocycles. The number of rotatable bonds is 5. The minimum Gasteiger partial charge on any atom is -0.619 e. The van der Waals surface area contributed by atoms with Crippen molar-refractivity contribution in [3.63, 3.8) is 0 Å². The van der Waals surface area contributed by atoms with Gasteiger partial charge >= 0.3 is 0 Å². The van der Waals surface area contributed by atoms with Gasteiger partial charge in [0, 0.05) is 12.8 Å². The topological polar surface area (TPSA) is 43.9 Å². The summed E-state index contributed by atoms with van der Waals surface area (Å²) in [5.41, 5.74) is 0.547. The maximum Gasteiger partial charge on any atom is 0.268 e. The molecule has 4 nitrogen and oxygen atoms in total. The van der Waals surface area contributed by atoms with Crippen LogP contribution < -0.4 is 0 Å². The summed E-state index contributed by atoms with van der Waals surface area (Å²) < 4.78 is 2.26. The van der Waals surface area contributed by atoms with E-state index in [1.54, 1.807) is 29.7 Å². The van der Waals surface area contributed by atoms with Gasteiger partial charge in [-0.15, -0.1) is 0 Å². The summed E-state index contributed by atoms with van der Waals surface area (Å²) in [5, 5.41) is 16.1. The lowest BCUT2D eigenvalue weighted by Crippen LogP contribution is -1.97. The SMILES string of the molecule is C=[N+]([O-])c1cn(C)nc1SCC(C)CC. The number of hydrogen-bond acceptors (Lipinski definition) is 3. The molecule has 0 saturated heterocycles. The fourth-order valence-corrected chi connectivity index (χ4v) is 2.24. The lowest BCUT2D eigenvalue weighted by atomic mass is 10.2. The van der Waals surface area contributed by atoms with Crippen molar-refractivity contribution in [3.05, 3.63) is 11.4 Å². The molecule has 1 rings (SSSR count). The highest BCUT2D eigenvalue weighted by Crippen LogP contribution is 2.28. The minimum atomic E-state index is 0.547. The summed E-state index contributed by atoms with van der Waals surface area (Å²) in [5.74, 6) is 1.61. The fraction of sp³-hybridized carbons (Fsp3) is 0.600. The quantitative estimate of drug-likeness (QED) is 0.255. The molecule has 0 amide bonds. The number of aryl methyl sites for hydroxylation is 1. The van der Waals surface area contributed by atoms with E-state index >= 15 is 0 Å². The van der Waals surface area contributed by atoms with Gasteiger partial charge in [0.15, 0.2) is 5.03 Å². The molecule has 5 heteroatoms. The monoisotopic (exact) mass is 227 g/mol. The maximum absolute atomic E-state index is 11.1.